The Balaban J connectivity index is 1.93. The molecule has 0 radical (unpaired) electrons. The fourth-order valence-electron chi connectivity index (χ4n) is 2.61. The van der Waals surface area contributed by atoms with E-state index in [0.717, 1.165) is 42.3 Å². The average Bonchev–Trinajstić information content (AvgIpc) is 3.07. The molecule has 2 aromatic heterocycles. The average molecular weight is 358 g/mol. The number of para-hydroxylation sites is 1. The number of hydrogen-bond acceptors (Lipinski definition) is 6. The standard InChI is InChI=1S/C17H22N6OS/c1-3-5-11-22-16(24)13-8-6-7-9-14(13)18-17(22)25-12-15-19-20-21-23(15)10-4-2/h6-9H,3-5,10-12H2,1-2H3. The molecular formula is C17H22N6OS. The van der Waals surface area contributed by atoms with Crippen LogP contribution >= 0.6 is 11.8 Å². The van der Waals surface area contributed by atoms with Crippen molar-refractivity contribution in [3.8, 4) is 0 Å². The third-order valence-electron chi connectivity index (χ3n) is 3.93. The van der Waals surface area contributed by atoms with Crippen LogP contribution in [0.25, 0.3) is 10.9 Å². The molecule has 0 spiro atoms. The van der Waals surface area contributed by atoms with Crippen LogP contribution in [0.2, 0.25) is 0 Å². The van der Waals surface area contributed by atoms with Crippen LogP contribution in [0.15, 0.2) is 34.2 Å². The van der Waals surface area contributed by atoms with Crippen molar-refractivity contribution in [2.75, 3.05) is 0 Å². The van der Waals surface area contributed by atoms with Crippen LogP contribution in [0.5, 0.6) is 0 Å². The molecule has 3 aromatic rings. The van der Waals surface area contributed by atoms with Crippen LogP contribution in [0.3, 0.4) is 0 Å². The highest BCUT2D eigenvalue weighted by Gasteiger charge is 2.13. The van der Waals surface area contributed by atoms with Gasteiger partial charge < -0.3 is 0 Å². The molecule has 0 amide bonds. The maximum Gasteiger partial charge on any atom is 0.262 e. The summed E-state index contributed by atoms with van der Waals surface area (Å²) >= 11 is 1.51. The number of hydrogen-bond donors (Lipinski definition) is 0. The fourth-order valence-corrected chi connectivity index (χ4v) is 3.57. The Hall–Kier alpha value is -2.22. The maximum atomic E-state index is 12.9. The number of rotatable bonds is 8. The molecule has 25 heavy (non-hydrogen) atoms. The SMILES string of the molecule is CCCCn1c(SCc2nnnn2CCC)nc2ccccc2c1=O. The first-order valence-electron chi connectivity index (χ1n) is 8.62. The van der Waals surface area contributed by atoms with E-state index in [9.17, 15) is 4.79 Å². The first-order valence-corrected chi connectivity index (χ1v) is 9.60. The molecule has 0 atom stereocenters. The van der Waals surface area contributed by atoms with Gasteiger partial charge in [-0.05, 0) is 35.4 Å². The summed E-state index contributed by atoms with van der Waals surface area (Å²) < 4.78 is 3.59. The number of unbranched alkanes of at least 4 members (excludes halogenated alkanes) is 1. The van der Waals surface area contributed by atoms with Gasteiger partial charge in [-0.25, -0.2) is 9.67 Å². The van der Waals surface area contributed by atoms with Crippen molar-refractivity contribution < 1.29 is 0 Å². The summed E-state index contributed by atoms with van der Waals surface area (Å²) in [6.07, 6.45) is 2.94. The zero-order valence-corrected chi connectivity index (χ0v) is 15.4. The van der Waals surface area contributed by atoms with E-state index >= 15 is 0 Å². The van der Waals surface area contributed by atoms with Crippen molar-refractivity contribution in [3.63, 3.8) is 0 Å². The molecule has 132 valence electrons. The Bertz CT molecular complexity index is 904. The normalized spacial score (nSPS) is 11.3. The zero-order valence-electron chi connectivity index (χ0n) is 14.6. The van der Waals surface area contributed by atoms with Crippen LogP contribution in [-0.2, 0) is 18.8 Å². The van der Waals surface area contributed by atoms with Gasteiger partial charge in [0.25, 0.3) is 5.56 Å². The first kappa shape index (κ1) is 17.6. The van der Waals surface area contributed by atoms with Crippen LogP contribution < -0.4 is 5.56 Å². The molecule has 0 N–H and O–H groups in total. The minimum atomic E-state index is 0.0229. The van der Waals surface area contributed by atoms with E-state index in [-0.39, 0.29) is 5.56 Å². The molecular weight excluding hydrogens is 336 g/mol. The second kappa shape index (κ2) is 8.24. The molecule has 0 aliphatic rings. The number of aryl methyl sites for hydroxylation is 1. The third-order valence-corrected chi connectivity index (χ3v) is 4.91. The number of nitrogens with zero attached hydrogens (tertiary/aromatic N) is 6. The number of tetrazole rings is 1. The van der Waals surface area contributed by atoms with Crippen LogP contribution in [0.1, 0.15) is 38.9 Å². The number of benzene rings is 1. The Morgan fingerprint density at radius 2 is 1.96 bits per heavy atom. The fraction of sp³-hybridized carbons (Fsp3) is 0.471. The van der Waals surface area contributed by atoms with Gasteiger partial charge in [0.05, 0.1) is 16.7 Å². The Morgan fingerprint density at radius 3 is 2.76 bits per heavy atom. The Morgan fingerprint density at radius 1 is 1.12 bits per heavy atom. The van der Waals surface area contributed by atoms with Gasteiger partial charge in [-0.3, -0.25) is 9.36 Å². The molecule has 2 heterocycles. The lowest BCUT2D eigenvalue weighted by Gasteiger charge is -2.12. The van der Waals surface area contributed by atoms with E-state index in [0.29, 0.717) is 17.7 Å². The summed E-state index contributed by atoms with van der Waals surface area (Å²) in [7, 11) is 0. The molecule has 0 aliphatic carbocycles. The van der Waals surface area contributed by atoms with Crippen LogP contribution in [0.4, 0.5) is 0 Å². The molecule has 0 saturated carbocycles. The van der Waals surface area contributed by atoms with Crippen LogP contribution in [0, 0.1) is 0 Å². The summed E-state index contributed by atoms with van der Waals surface area (Å²) in [6.45, 7) is 5.67. The smallest absolute Gasteiger partial charge is 0.262 e. The Kier molecular flexibility index (Phi) is 5.80. The Labute approximate surface area is 150 Å². The summed E-state index contributed by atoms with van der Waals surface area (Å²) in [5.74, 6) is 1.39. The molecule has 0 saturated heterocycles. The lowest BCUT2D eigenvalue weighted by atomic mass is 10.2. The maximum absolute atomic E-state index is 12.9. The largest absolute Gasteiger partial charge is 0.287 e. The predicted molar refractivity (Wildman–Crippen MR) is 98.6 cm³/mol. The summed E-state index contributed by atoms with van der Waals surface area (Å²) in [5, 5.41) is 13.2. The molecule has 0 unspecified atom stereocenters. The monoisotopic (exact) mass is 358 g/mol. The minimum absolute atomic E-state index is 0.0229. The van der Waals surface area contributed by atoms with E-state index in [1.165, 1.54) is 11.8 Å². The molecule has 1 aromatic carbocycles. The lowest BCUT2D eigenvalue weighted by Crippen LogP contribution is -2.23. The highest BCUT2D eigenvalue weighted by molar-refractivity contribution is 7.98. The second-order valence-electron chi connectivity index (χ2n) is 5.83. The second-order valence-corrected chi connectivity index (χ2v) is 6.77. The molecule has 3 rings (SSSR count). The molecule has 0 bridgehead atoms. The van der Waals surface area contributed by atoms with E-state index < -0.39 is 0 Å². The van der Waals surface area contributed by atoms with Crippen molar-refractivity contribution in [1.82, 2.24) is 29.8 Å². The van der Waals surface area contributed by atoms with Gasteiger partial charge in [0.2, 0.25) is 0 Å². The lowest BCUT2D eigenvalue weighted by molar-refractivity contribution is 0.555. The zero-order chi connectivity index (χ0) is 17.6. The predicted octanol–water partition coefficient (Wildman–Crippen LogP) is 2.89. The summed E-state index contributed by atoms with van der Waals surface area (Å²) in [6, 6.07) is 7.50. The quantitative estimate of drug-likeness (QED) is 0.455. The van der Waals surface area contributed by atoms with Gasteiger partial charge in [0.15, 0.2) is 11.0 Å². The molecule has 0 fully saturated rings. The highest BCUT2D eigenvalue weighted by atomic mass is 32.2. The number of fused-ring (bicyclic) bond motifs is 1. The topological polar surface area (TPSA) is 78.5 Å². The number of thioether (sulfide) groups is 1. The van der Waals surface area contributed by atoms with E-state index in [4.69, 9.17) is 4.98 Å². The van der Waals surface area contributed by atoms with Crippen molar-refractivity contribution in [2.24, 2.45) is 0 Å². The van der Waals surface area contributed by atoms with Gasteiger partial charge in [-0.15, -0.1) is 5.10 Å². The minimum Gasteiger partial charge on any atom is -0.287 e. The van der Waals surface area contributed by atoms with Gasteiger partial charge in [0.1, 0.15) is 0 Å². The van der Waals surface area contributed by atoms with Crippen molar-refractivity contribution >= 4 is 22.7 Å². The van der Waals surface area contributed by atoms with Gasteiger partial charge >= 0.3 is 0 Å². The first-order chi connectivity index (χ1) is 12.2. The van der Waals surface area contributed by atoms with Gasteiger partial charge in [0, 0.05) is 13.1 Å². The van der Waals surface area contributed by atoms with Crippen molar-refractivity contribution in [1.29, 1.82) is 0 Å². The molecule has 0 aliphatic heterocycles. The third kappa shape index (κ3) is 3.89. The van der Waals surface area contributed by atoms with E-state index in [2.05, 4.69) is 29.4 Å². The van der Waals surface area contributed by atoms with Crippen molar-refractivity contribution in [2.45, 2.75) is 57.1 Å². The van der Waals surface area contributed by atoms with Gasteiger partial charge in [-0.2, -0.15) is 0 Å². The molecule has 8 heteroatoms. The van der Waals surface area contributed by atoms with Gasteiger partial charge in [-0.1, -0.05) is 44.2 Å². The van der Waals surface area contributed by atoms with E-state index in [1.54, 1.807) is 4.57 Å². The van der Waals surface area contributed by atoms with Crippen LogP contribution in [-0.4, -0.2) is 29.8 Å². The number of aromatic nitrogens is 6. The summed E-state index contributed by atoms with van der Waals surface area (Å²) in [5.41, 5.74) is 0.755. The highest BCUT2D eigenvalue weighted by Crippen LogP contribution is 2.21. The molecule has 7 nitrogen and oxygen atoms in total. The van der Waals surface area contributed by atoms with Crippen molar-refractivity contribution in [3.05, 3.63) is 40.4 Å². The van der Waals surface area contributed by atoms with E-state index in [1.807, 2.05) is 28.9 Å². The summed E-state index contributed by atoms with van der Waals surface area (Å²) in [4.78, 5) is 17.6.